The van der Waals surface area contributed by atoms with E-state index in [0.29, 0.717) is 0 Å². The van der Waals surface area contributed by atoms with E-state index < -0.39 is 0 Å². The van der Waals surface area contributed by atoms with Crippen LogP contribution in [0.4, 0.5) is 0 Å². The highest BCUT2D eigenvalue weighted by atomic mass is 16.5. The first-order valence-electron chi connectivity index (χ1n) is 10.7. The summed E-state index contributed by atoms with van der Waals surface area (Å²) in [5, 5.41) is 0. The van der Waals surface area contributed by atoms with E-state index in [-0.39, 0.29) is 5.41 Å². The van der Waals surface area contributed by atoms with Crippen molar-refractivity contribution in [3.8, 4) is 11.5 Å². The predicted octanol–water partition coefficient (Wildman–Crippen LogP) is 7.15. The van der Waals surface area contributed by atoms with Crippen LogP contribution in [0.2, 0.25) is 0 Å². The Hall–Kier alpha value is -1.96. The molecule has 0 atom stereocenters. The third-order valence-electron chi connectivity index (χ3n) is 5.11. The SMILES string of the molecule is CCCOc1ccc(C(CCC)(CCC)c2ccc(OCCC)cc2)cc1. The summed E-state index contributed by atoms with van der Waals surface area (Å²) in [6.45, 7) is 10.4. The van der Waals surface area contributed by atoms with E-state index in [4.69, 9.17) is 9.47 Å². The number of benzene rings is 2. The number of hydrogen-bond donors (Lipinski definition) is 0. The minimum absolute atomic E-state index is 0.0517. The average Bonchev–Trinajstić information content (AvgIpc) is 2.71. The molecule has 0 aliphatic heterocycles. The summed E-state index contributed by atoms with van der Waals surface area (Å²) in [5.41, 5.74) is 2.82. The molecule has 0 saturated carbocycles. The van der Waals surface area contributed by atoms with Gasteiger partial charge in [0.25, 0.3) is 0 Å². The molecule has 0 aromatic heterocycles. The third kappa shape index (κ3) is 5.51. The Morgan fingerprint density at radius 1 is 0.556 bits per heavy atom. The number of hydrogen-bond acceptors (Lipinski definition) is 2. The summed E-state index contributed by atoms with van der Waals surface area (Å²) in [6, 6.07) is 17.6. The zero-order valence-corrected chi connectivity index (χ0v) is 17.6. The van der Waals surface area contributed by atoms with Crippen molar-refractivity contribution >= 4 is 0 Å². The quantitative estimate of drug-likeness (QED) is 0.396. The van der Waals surface area contributed by atoms with Crippen LogP contribution >= 0.6 is 0 Å². The smallest absolute Gasteiger partial charge is 0.119 e. The molecular formula is C25H36O2. The molecule has 2 rings (SSSR count). The van der Waals surface area contributed by atoms with E-state index in [9.17, 15) is 0 Å². The van der Waals surface area contributed by atoms with Crippen LogP contribution < -0.4 is 9.47 Å². The minimum atomic E-state index is 0.0517. The van der Waals surface area contributed by atoms with Gasteiger partial charge in [-0.25, -0.2) is 0 Å². The molecular weight excluding hydrogens is 332 g/mol. The lowest BCUT2D eigenvalue weighted by atomic mass is 9.68. The Morgan fingerprint density at radius 3 is 1.22 bits per heavy atom. The maximum atomic E-state index is 5.79. The zero-order chi connectivity index (χ0) is 19.5. The molecule has 0 heterocycles. The molecule has 0 spiro atoms. The molecule has 2 heteroatoms. The van der Waals surface area contributed by atoms with Gasteiger partial charge < -0.3 is 9.47 Å². The van der Waals surface area contributed by atoms with Crippen molar-refractivity contribution < 1.29 is 9.47 Å². The second-order valence-corrected chi connectivity index (χ2v) is 7.33. The first kappa shape index (κ1) is 21.3. The Labute approximate surface area is 165 Å². The molecule has 2 nitrogen and oxygen atoms in total. The van der Waals surface area contributed by atoms with E-state index >= 15 is 0 Å². The van der Waals surface area contributed by atoms with Crippen LogP contribution in [0.25, 0.3) is 0 Å². The highest BCUT2D eigenvalue weighted by Crippen LogP contribution is 2.42. The molecule has 0 aliphatic rings. The van der Waals surface area contributed by atoms with Crippen LogP contribution in [0.1, 0.15) is 77.3 Å². The van der Waals surface area contributed by atoms with E-state index in [2.05, 4.69) is 76.2 Å². The number of rotatable bonds is 12. The lowest BCUT2D eigenvalue weighted by Gasteiger charge is -2.35. The van der Waals surface area contributed by atoms with Gasteiger partial charge in [-0.15, -0.1) is 0 Å². The van der Waals surface area contributed by atoms with E-state index in [1.54, 1.807) is 0 Å². The first-order chi connectivity index (χ1) is 13.2. The van der Waals surface area contributed by atoms with Gasteiger partial charge in [0.15, 0.2) is 0 Å². The summed E-state index contributed by atoms with van der Waals surface area (Å²) in [6.07, 6.45) is 6.66. The molecule has 0 amide bonds. The summed E-state index contributed by atoms with van der Waals surface area (Å²) in [7, 11) is 0. The molecule has 0 bridgehead atoms. The molecule has 148 valence electrons. The monoisotopic (exact) mass is 368 g/mol. The van der Waals surface area contributed by atoms with Crippen molar-refractivity contribution in [2.24, 2.45) is 0 Å². The Balaban J connectivity index is 2.36. The molecule has 0 fully saturated rings. The normalized spacial score (nSPS) is 11.4. The second kappa shape index (κ2) is 11.0. The maximum absolute atomic E-state index is 5.79. The van der Waals surface area contributed by atoms with Crippen LogP contribution in [0, 0.1) is 0 Å². The fraction of sp³-hybridized carbons (Fsp3) is 0.520. The first-order valence-corrected chi connectivity index (χ1v) is 10.7. The van der Waals surface area contributed by atoms with Crippen LogP contribution in [-0.2, 0) is 5.41 Å². The van der Waals surface area contributed by atoms with Gasteiger partial charge in [-0.1, -0.05) is 64.8 Å². The van der Waals surface area contributed by atoms with E-state index in [0.717, 1.165) is 63.2 Å². The molecule has 0 saturated heterocycles. The molecule has 27 heavy (non-hydrogen) atoms. The van der Waals surface area contributed by atoms with Gasteiger partial charge in [-0.2, -0.15) is 0 Å². The molecule has 0 aliphatic carbocycles. The fourth-order valence-electron chi connectivity index (χ4n) is 3.90. The van der Waals surface area contributed by atoms with Crippen LogP contribution in [-0.4, -0.2) is 13.2 Å². The molecule has 0 unspecified atom stereocenters. The van der Waals surface area contributed by atoms with Crippen LogP contribution in [0.3, 0.4) is 0 Å². The molecule has 0 radical (unpaired) electrons. The summed E-state index contributed by atoms with van der Waals surface area (Å²) >= 11 is 0. The predicted molar refractivity (Wildman–Crippen MR) is 115 cm³/mol. The topological polar surface area (TPSA) is 18.5 Å². The lowest BCUT2D eigenvalue weighted by Crippen LogP contribution is -2.27. The van der Waals surface area contributed by atoms with Gasteiger partial charge >= 0.3 is 0 Å². The molecule has 2 aromatic rings. The van der Waals surface area contributed by atoms with Crippen molar-refractivity contribution in [3.63, 3.8) is 0 Å². The average molecular weight is 369 g/mol. The summed E-state index contributed by atoms with van der Waals surface area (Å²) < 4.78 is 11.6. The van der Waals surface area contributed by atoms with Crippen LogP contribution in [0.15, 0.2) is 48.5 Å². The molecule has 2 aromatic carbocycles. The highest BCUT2D eigenvalue weighted by molar-refractivity contribution is 5.43. The lowest BCUT2D eigenvalue weighted by molar-refractivity contribution is 0.316. The fourth-order valence-corrected chi connectivity index (χ4v) is 3.90. The van der Waals surface area contributed by atoms with Crippen molar-refractivity contribution in [1.82, 2.24) is 0 Å². The van der Waals surface area contributed by atoms with Crippen molar-refractivity contribution in [3.05, 3.63) is 59.7 Å². The highest BCUT2D eigenvalue weighted by Gasteiger charge is 2.32. The van der Waals surface area contributed by atoms with Gasteiger partial charge in [0, 0.05) is 5.41 Å². The van der Waals surface area contributed by atoms with Gasteiger partial charge in [0.05, 0.1) is 13.2 Å². The number of ether oxygens (including phenoxy) is 2. The second-order valence-electron chi connectivity index (χ2n) is 7.33. The van der Waals surface area contributed by atoms with E-state index in [1.807, 2.05) is 0 Å². The zero-order valence-electron chi connectivity index (χ0n) is 17.6. The Bertz CT molecular complexity index is 584. The maximum Gasteiger partial charge on any atom is 0.119 e. The largest absolute Gasteiger partial charge is 0.494 e. The summed E-state index contributed by atoms with van der Waals surface area (Å²) in [4.78, 5) is 0. The van der Waals surface area contributed by atoms with Crippen LogP contribution in [0.5, 0.6) is 11.5 Å². The van der Waals surface area contributed by atoms with Gasteiger partial charge in [-0.3, -0.25) is 0 Å². The van der Waals surface area contributed by atoms with Gasteiger partial charge in [-0.05, 0) is 61.1 Å². The van der Waals surface area contributed by atoms with Gasteiger partial charge in [0.1, 0.15) is 11.5 Å². The standard InChI is InChI=1S/C25H36O2/c1-5-17-25(18-6-2,21-9-13-23(14-10-21)26-19-7-3)22-11-15-24(16-12-22)27-20-8-4/h9-16H,5-8,17-20H2,1-4H3. The van der Waals surface area contributed by atoms with Crippen molar-refractivity contribution in [2.75, 3.05) is 13.2 Å². The Kier molecular flexibility index (Phi) is 8.71. The van der Waals surface area contributed by atoms with Crippen molar-refractivity contribution in [1.29, 1.82) is 0 Å². The Morgan fingerprint density at radius 2 is 0.926 bits per heavy atom. The molecule has 0 N–H and O–H groups in total. The minimum Gasteiger partial charge on any atom is -0.494 e. The summed E-state index contributed by atoms with van der Waals surface area (Å²) in [5.74, 6) is 1.93. The van der Waals surface area contributed by atoms with Gasteiger partial charge in [0.2, 0.25) is 0 Å². The third-order valence-corrected chi connectivity index (χ3v) is 5.11. The van der Waals surface area contributed by atoms with E-state index in [1.165, 1.54) is 11.1 Å². The van der Waals surface area contributed by atoms with Crippen molar-refractivity contribution in [2.45, 2.75) is 71.6 Å².